The summed E-state index contributed by atoms with van der Waals surface area (Å²) in [4.78, 5) is 15.3. The van der Waals surface area contributed by atoms with Crippen LogP contribution < -0.4 is 9.47 Å². The number of Topliss-reactive ketones (excluding diaryl/α,β-unsaturated/α-hetero) is 1. The Hall–Kier alpha value is -4.09. The molecule has 1 aromatic heterocycles. The molecular weight excluding hydrogens is 426 g/mol. The standard InChI is InChI=1S/C29H23NO4/c1-19-28-23(16-30(18-33-28)17-24-8-5-13-32-24)15-25-27(31)26(34-29(19)25)14-20-9-11-22(12-10-20)21-6-3-2-4-7-21/h2-15H,16-18H2,1H3/b26-14-. The molecular formula is C29H23NO4. The van der Waals surface area contributed by atoms with Crippen molar-refractivity contribution in [2.75, 3.05) is 6.73 Å². The van der Waals surface area contributed by atoms with Gasteiger partial charge in [-0.15, -0.1) is 0 Å². The minimum absolute atomic E-state index is 0.101. The molecule has 0 amide bonds. The van der Waals surface area contributed by atoms with Crippen LogP contribution in [0.5, 0.6) is 11.5 Å². The molecule has 0 fully saturated rings. The van der Waals surface area contributed by atoms with Crippen molar-refractivity contribution in [1.82, 2.24) is 4.90 Å². The van der Waals surface area contributed by atoms with E-state index in [1.54, 1.807) is 12.3 Å². The molecule has 168 valence electrons. The Labute approximate surface area is 197 Å². The van der Waals surface area contributed by atoms with Gasteiger partial charge in [-0.3, -0.25) is 9.69 Å². The number of nitrogens with zero attached hydrogens (tertiary/aromatic N) is 1. The highest BCUT2D eigenvalue weighted by Crippen LogP contribution is 2.43. The number of carbonyl (C=O) groups excluding carboxylic acids is 1. The first-order chi connectivity index (χ1) is 16.7. The van der Waals surface area contributed by atoms with Crippen LogP contribution in [0.15, 0.2) is 89.2 Å². The Morgan fingerprint density at radius 3 is 2.50 bits per heavy atom. The Morgan fingerprint density at radius 1 is 0.941 bits per heavy atom. The second kappa shape index (κ2) is 8.36. The molecule has 0 N–H and O–H groups in total. The average Bonchev–Trinajstić information content (AvgIpc) is 3.49. The van der Waals surface area contributed by atoms with Gasteiger partial charge < -0.3 is 13.9 Å². The highest BCUT2D eigenvalue weighted by Gasteiger charge is 2.33. The van der Waals surface area contributed by atoms with Gasteiger partial charge in [0.15, 0.2) is 5.76 Å². The monoisotopic (exact) mass is 449 g/mol. The molecule has 0 atom stereocenters. The number of allylic oxidation sites excluding steroid dienone is 1. The third-order valence-electron chi connectivity index (χ3n) is 6.28. The normalized spacial score (nSPS) is 16.1. The van der Waals surface area contributed by atoms with E-state index in [1.807, 2.05) is 55.5 Å². The van der Waals surface area contributed by atoms with E-state index in [9.17, 15) is 4.79 Å². The molecule has 0 spiro atoms. The first-order valence-electron chi connectivity index (χ1n) is 11.3. The van der Waals surface area contributed by atoms with E-state index in [-0.39, 0.29) is 5.78 Å². The molecule has 5 heteroatoms. The van der Waals surface area contributed by atoms with Crippen molar-refractivity contribution < 1.29 is 18.7 Å². The number of hydrogen-bond donors (Lipinski definition) is 0. The van der Waals surface area contributed by atoms with Crippen molar-refractivity contribution in [3.63, 3.8) is 0 Å². The minimum atomic E-state index is -0.101. The van der Waals surface area contributed by atoms with Crippen molar-refractivity contribution in [1.29, 1.82) is 0 Å². The maximum absolute atomic E-state index is 13.2. The summed E-state index contributed by atoms with van der Waals surface area (Å²) < 4.78 is 17.6. The number of furan rings is 1. The molecule has 0 bridgehead atoms. The molecule has 0 saturated heterocycles. The minimum Gasteiger partial charge on any atom is -0.477 e. The van der Waals surface area contributed by atoms with Crippen molar-refractivity contribution in [2.24, 2.45) is 0 Å². The number of fused-ring (bicyclic) bond motifs is 2. The van der Waals surface area contributed by atoms with E-state index in [1.165, 1.54) is 0 Å². The zero-order chi connectivity index (χ0) is 23.1. The maximum atomic E-state index is 13.2. The predicted molar refractivity (Wildman–Crippen MR) is 129 cm³/mol. The molecule has 4 aromatic rings. The molecule has 0 radical (unpaired) electrons. The average molecular weight is 450 g/mol. The largest absolute Gasteiger partial charge is 0.477 e. The second-order valence-corrected chi connectivity index (χ2v) is 8.63. The Balaban J connectivity index is 1.25. The first kappa shape index (κ1) is 20.5. The number of ether oxygens (including phenoxy) is 2. The fraction of sp³-hybridized carbons (Fsp3) is 0.138. The zero-order valence-corrected chi connectivity index (χ0v) is 18.8. The maximum Gasteiger partial charge on any atom is 0.231 e. The lowest BCUT2D eigenvalue weighted by molar-refractivity contribution is 0.0813. The topological polar surface area (TPSA) is 51.9 Å². The number of benzene rings is 3. The summed E-state index contributed by atoms with van der Waals surface area (Å²) in [5.74, 6) is 2.51. The van der Waals surface area contributed by atoms with E-state index in [2.05, 4.69) is 29.2 Å². The van der Waals surface area contributed by atoms with Crippen LogP contribution >= 0.6 is 0 Å². The number of rotatable bonds is 4. The van der Waals surface area contributed by atoms with Crippen molar-refractivity contribution in [3.8, 4) is 22.6 Å². The zero-order valence-electron chi connectivity index (χ0n) is 18.8. The lowest BCUT2D eigenvalue weighted by Gasteiger charge is -2.29. The van der Waals surface area contributed by atoms with Gasteiger partial charge in [-0.1, -0.05) is 54.6 Å². The third-order valence-corrected chi connectivity index (χ3v) is 6.28. The fourth-order valence-electron chi connectivity index (χ4n) is 4.57. The summed E-state index contributed by atoms with van der Waals surface area (Å²) >= 11 is 0. The Bertz CT molecular complexity index is 1390. The van der Waals surface area contributed by atoms with E-state index in [0.29, 0.717) is 36.9 Å². The fourth-order valence-corrected chi connectivity index (χ4v) is 4.57. The van der Waals surface area contributed by atoms with Gasteiger partial charge in [0.05, 0.1) is 18.4 Å². The highest BCUT2D eigenvalue weighted by molar-refractivity contribution is 6.15. The van der Waals surface area contributed by atoms with Crippen molar-refractivity contribution in [3.05, 3.63) is 113 Å². The van der Waals surface area contributed by atoms with Gasteiger partial charge in [0.2, 0.25) is 5.78 Å². The van der Waals surface area contributed by atoms with E-state index < -0.39 is 0 Å². The molecule has 0 unspecified atom stereocenters. The molecule has 5 nitrogen and oxygen atoms in total. The Morgan fingerprint density at radius 2 is 1.74 bits per heavy atom. The smallest absolute Gasteiger partial charge is 0.231 e. The highest BCUT2D eigenvalue weighted by atomic mass is 16.5. The quantitative estimate of drug-likeness (QED) is 0.346. The van der Waals surface area contributed by atoms with Crippen molar-refractivity contribution in [2.45, 2.75) is 20.0 Å². The van der Waals surface area contributed by atoms with E-state index in [4.69, 9.17) is 13.9 Å². The van der Waals surface area contributed by atoms with Gasteiger partial charge in [0.1, 0.15) is 24.0 Å². The first-order valence-corrected chi connectivity index (χ1v) is 11.3. The van der Waals surface area contributed by atoms with Gasteiger partial charge in [-0.25, -0.2) is 0 Å². The summed E-state index contributed by atoms with van der Waals surface area (Å²) in [6.45, 7) is 3.73. The van der Waals surface area contributed by atoms with Crippen LogP contribution in [0.2, 0.25) is 0 Å². The van der Waals surface area contributed by atoms with Gasteiger partial charge in [0.25, 0.3) is 0 Å². The lowest BCUT2D eigenvalue weighted by atomic mass is 9.99. The van der Waals surface area contributed by atoms with Crippen molar-refractivity contribution >= 4 is 11.9 Å². The SMILES string of the molecule is Cc1c2c(cc3c1O/C(=C\c1ccc(-c4ccccc4)cc1)C3=O)CN(Cc1ccco1)CO2. The number of carbonyl (C=O) groups is 1. The number of ketones is 1. The lowest BCUT2D eigenvalue weighted by Crippen LogP contribution is -2.31. The molecule has 3 aromatic carbocycles. The van der Waals surface area contributed by atoms with Crippen LogP contribution in [-0.2, 0) is 13.1 Å². The third kappa shape index (κ3) is 3.70. The van der Waals surface area contributed by atoms with E-state index in [0.717, 1.165) is 39.3 Å². The summed E-state index contributed by atoms with van der Waals surface area (Å²) in [5, 5.41) is 0. The molecule has 6 rings (SSSR count). The molecule has 34 heavy (non-hydrogen) atoms. The van der Waals surface area contributed by atoms with Crippen LogP contribution in [0, 0.1) is 6.92 Å². The summed E-state index contributed by atoms with van der Waals surface area (Å²) in [5.41, 5.74) is 5.64. The second-order valence-electron chi connectivity index (χ2n) is 8.63. The molecule has 2 aliphatic rings. The van der Waals surface area contributed by atoms with Gasteiger partial charge in [-0.2, -0.15) is 0 Å². The van der Waals surface area contributed by atoms with Crippen LogP contribution in [-0.4, -0.2) is 17.4 Å². The van der Waals surface area contributed by atoms with Gasteiger partial charge >= 0.3 is 0 Å². The van der Waals surface area contributed by atoms with Crippen LogP contribution in [0.4, 0.5) is 0 Å². The Kier molecular flexibility index (Phi) is 5.04. The number of hydrogen-bond acceptors (Lipinski definition) is 5. The van der Waals surface area contributed by atoms with Crippen LogP contribution in [0.25, 0.3) is 17.2 Å². The predicted octanol–water partition coefficient (Wildman–Crippen LogP) is 6.22. The summed E-state index contributed by atoms with van der Waals surface area (Å²) in [7, 11) is 0. The van der Waals surface area contributed by atoms with Gasteiger partial charge in [-0.05, 0) is 47.9 Å². The van der Waals surface area contributed by atoms with E-state index >= 15 is 0 Å². The molecule has 3 heterocycles. The molecule has 0 saturated carbocycles. The van der Waals surface area contributed by atoms with Crippen LogP contribution in [0.1, 0.15) is 32.8 Å². The molecule has 2 aliphatic heterocycles. The summed E-state index contributed by atoms with van der Waals surface area (Å²) in [6, 6.07) is 24.1. The van der Waals surface area contributed by atoms with Crippen LogP contribution in [0.3, 0.4) is 0 Å². The summed E-state index contributed by atoms with van der Waals surface area (Å²) in [6.07, 6.45) is 3.48. The molecule has 0 aliphatic carbocycles. The van der Waals surface area contributed by atoms with Gasteiger partial charge in [0, 0.05) is 17.7 Å².